The lowest BCUT2D eigenvalue weighted by Gasteiger charge is -2.04. The number of ketones is 1. The van der Waals surface area contributed by atoms with Crippen LogP contribution < -0.4 is 0 Å². The first-order valence-electron chi connectivity index (χ1n) is 8.85. The molecule has 0 spiro atoms. The van der Waals surface area contributed by atoms with Gasteiger partial charge in [-0.25, -0.2) is 0 Å². The van der Waals surface area contributed by atoms with Crippen LogP contribution in [0.2, 0.25) is 0 Å². The summed E-state index contributed by atoms with van der Waals surface area (Å²) in [6.45, 7) is 4.04. The van der Waals surface area contributed by atoms with Crippen LogP contribution in [0.5, 0.6) is 0 Å². The number of carbonyl (C=O) groups is 1. The summed E-state index contributed by atoms with van der Waals surface area (Å²) < 4.78 is 0. The molecule has 0 N–H and O–H groups in total. The van der Waals surface area contributed by atoms with Gasteiger partial charge >= 0.3 is 0 Å². The minimum absolute atomic E-state index is 0.203. The molecule has 120 valence electrons. The summed E-state index contributed by atoms with van der Waals surface area (Å²) in [6, 6.07) is 0. The molecule has 1 unspecified atom stereocenters. The summed E-state index contributed by atoms with van der Waals surface area (Å²) in [5.74, 6) is 0.203. The van der Waals surface area contributed by atoms with Gasteiger partial charge in [0.2, 0.25) is 0 Å². The molecule has 0 aliphatic heterocycles. The Balaban J connectivity index is 3.04. The molecule has 0 radical (unpaired) electrons. The predicted octanol–water partition coefficient (Wildman–Crippen LogP) is 6.66. The Morgan fingerprint density at radius 2 is 1.10 bits per heavy atom. The van der Waals surface area contributed by atoms with Crippen molar-refractivity contribution in [3.8, 4) is 0 Å². The number of rotatable bonds is 15. The maximum atomic E-state index is 11.3. The van der Waals surface area contributed by atoms with Crippen LogP contribution in [0.1, 0.15) is 104 Å². The van der Waals surface area contributed by atoms with Crippen molar-refractivity contribution in [3.63, 3.8) is 0 Å². The molecule has 0 amide bonds. The number of halogens is 1. The predicted molar refractivity (Wildman–Crippen MR) is 90.6 cm³/mol. The molecule has 1 nitrogen and oxygen atoms in total. The number of unbranched alkanes of at least 4 members (excludes halogenated alkanes) is 12. The van der Waals surface area contributed by atoms with Gasteiger partial charge in [0.15, 0.2) is 0 Å². The second-order valence-corrected chi connectivity index (χ2v) is 6.73. The number of hydrogen-bond donors (Lipinski definition) is 0. The Morgan fingerprint density at radius 1 is 0.750 bits per heavy atom. The Morgan fingerprint density at radius 3 is 1.45 bits per heavy atom. The van der Waals surface area contributed by atoms with Crippen molar-refractivity contribution in [3.05, 3.63) is 0 Å². The molecule has 20 heavy (non-hydrogen) atoms. The van der Waals surface area contributed by atoms with Crippen LogP contribution in [0.4, 0.5) is 0 Å². The fourth-order valence-electron chi connectivity index (χ4n) is 2.52. The third-order valence-corrected chi connectivity index (χ3v) is 4.21. The summed E-state index contributed by atoms with van der Waals surface area (Å²) in [5.41, 5.74) is 0. The molecule has 0 aliphatic carbocycles. The van der Waals surface area contributed by atoms with E-state index in [0.29, 0.717) is 6.42 Å². The Hall–Kier alpha value is -0.0400. The molecule has 0 aliphatic rings. The summed E-state index contributed by atoms with van der Waals surface area (Å²) in [6.07, 6.45) is 18.1. The average molecular weight is 303 g/mol. The molecule has 0 fully saturated rings. The first kappa shape index (κ1) is 20.0. The van der Waals surface area contributed by atoms with Crippen LogP contribution in [-0.2, 0) is 4.79 Å². The molecule has 0 saturated carbocycles. The van der Waals surface area contributed by atoms with Gasteiger partial charge in [-0.1, -0.05) is 84.0 Å². The van der Waals surface area contributed by atoms with Crippen molar-refractivity contribution in [2.75, 3.05) is 0 Å². The first-order valence-corrected chi connectivity index (χ1v) is 9.29. The molecule has 2 heteroatoms. The number of Topliss-reactive ketones (excluding diaryl/α,β-unsaturated/α-hetero) is 1. The lowest BCUT2D eigenvalue weighted by molar-refractivity contribution is -0.118. The van der Waals surface area contributed by atoms with Gasteiger partial charge < -0.3 is 0 Å². The Bertz CT molecular complexity index is 213. The number of carbonyl (C=O) groups excluding carboxylic acids is 1. The summed E-state index contributed by atoms with van der Waals surface area (Å²) >= 11 is 5.73. The van der Waals surface area contributed by atoms with E-state index in [-0.39, 0.29) is 11.2 Å². The topological polar surface area (TPSA) is 17.1 Å². The highest BCUT2D eigenvalue weighted by Gasteiger charge is 2.07. The van der Waals surface area contributed by atoms with Gasteiger partial charge in [-0.3, -0.25) is 4.79 Å². The second kappa shape index (κ2) is 15.4. The second-order valence-electron chi connectivity index (χ2n) is 6.07. The van der Waals surface area contributed by atoms with Crippen LogP contribution >= 0.6 is 11.6 Å². The van der Waals surface area contributed by atoms with Gasteiger partial charge in [-0.15, -0.1) is 11.6 Å². The van der Waals surface area contributed by atoms with Crippen molar-refractivity contribution in [1.29, 1.82) is 0 Å². The highest BCUT2D eigenvalue weighted by atomic mass is 35.5. The fourth-order valence-corrected chi connectivity index (χ4v) is 2.62. The minimum atomic E-state index is -0.299. The molecular weight excluding hydrogens is 268 g/mol. The van der Waals surface area contributed by atoms with E-state index < -0.39 is 0 Å². The number of hydrogen-bond acceptors (Lipinski definition) is 1. The lowest BCUT2D eigenvalue weighted by atomic mass is 10.0. The van der Waals surface area contributed by atoms with Gasteiger partial charge in [-0.2, -0.15) is 0 Å². The third-order valence-electron chi connectivity index (χ3n) is 3.97. The maximum absolute atomic E-state index is 11.3. The zero-order valence-electron chi connectivity index (χ0n) is 13.8. The van der Waals surface area contributed by atoms with E-state index in [4.69, 9.17) is 11.6 Å². The monoisotopic (exact) mass is 302 g/mol. The highest BCUT2D eigenvalue weighted by Crippen LogP contribution is 2.13. The van der Waals surface area contributed by atoms with E-state index in [9.17, 15) is 4.79 Å². The Kier molecular flexibility index (Phi) is 15.3. The molecular formula is C18H35ClO. The van der Waals surface area contributed by atoms with E-state index >= 15 is 0 Å². The van der Waals surface area contributed by atoms with E-state index in [1.807, 2.05) is 0 Å². The van der Waals surface area contributed by atoms with Gasteiger partial charge in [0.1, 0.15) is 5.78 Å². The van der Waals surface area contributed by atoms with Gasteiger partial charge in [0, 0.05) is 6.42 Å². The van der Waals surface area contributed by atoms with Crippen LogP contribution in [0.15, 0.2) is 0 Å². The van der Waals surface area contributed by atoms with Crippen LogP contribution in [0, 0.1) is 0 Å². The summed E-state index contributed by atoms with van der Waals surface area (Å²) in [4.78, 5) is 11.3. The van der Waals surface area contributed by atoms with Crippen LogP contribution in [0.25, 0.3) is 0 Å². The zero-order valence-corrected chi connectivity index (χ0v) is 14.5. The highest BCUT2D eigenvalue weighted by molar-refractivity contribution is 6.30. The van der Waals surface area contributed by atoms with Gasteiger partial charge in [0.05, 0.1) is 5.38 Å². The van der Waals surface area contributed by atoms with Crippen LogP contribution in [0.3, 0.4) is 0 Å². The maximum Gasteiger partial charge on any atom is 0.150 e. The van der Waals surface area contributed by atoms with E-state index in [2.05, 4.69) is 6.92 Å². The third kappa shape index (κ3) is 14.4. The van der Waals surface area contributed by atoms with Gasteiger partial charge in [-0.05, 0) is 13.3 Å². The van der Waals surface area contributed by atoms with E-state index in [0.717, 1.165) is 6.42 Å². The summed E-state index contributed by atoms with van der Waals surface area (Å²) in [7, 11) is 0. The number of alkyl halides is 1. The smallest absolute Gasteiger partial charge is 0.150 e. The molecule has 0 aromatic carbocycles. The van der Waals surface area contributed by atoms with E-state index in [1.165, 1.54) is 77.0 Å². The van der Waals surface area contributed by atoms with Gasteiger partial charge in [0.25, 0.3) is 0 Å². The molecule has 0 bridgehead atoms. The normalized spacial score (nSPS) is 12.6. The average Bonchev–Trinajstić information content (AvgIpc) is 2.43. The Labute approximate surface area is 131 Å². The molecule has 0 saturated heterocycles. The van der Waals surface area contributed by atoms with Crippen molar-refractivity contribution >= 4 is 17.4 Å². The van der Waals surface area contributed by atoms with Crippen molar-refractivity contribution in [2.24, 2.45) is 0 Å². The molecule has 1 atom stereocenters. The minimum Gasteiger partial charge on any atom is -0.298 e. The molecule has 0 heterocycles. The molecule has 0 aromatic rings. The first-order chi connectivity index (χ1) is 9.68. The SMILES string of the molecule is CCCCCCCCCCCCCCCC(=O)C(C)Cl. The fraction of sp³-hybridized carbons (Fsp3) is 0.944. The van der Waals surface area contributed by atoms with Crippen LogP contribution in [-0.4, -0.2) is 11.2 Å². The largest absolute Gasteiger partial charge is 0.298 e. The quantitative estimate of drug-likeness (QED) is 0.244. The van der Waals surface area contributed by atoms with Crippen molar-refractivity contribution in [2.45, 2.75) is 109 Å². The van der Waals surface area contributed by atoms with Crippen molar-refractivity contribution < 1.29 is 4.79 Å². The zero-order chi connectivity index (χ0) is 15.1. The van der Waals surface area contributed by atoms with Crippen molar-refractivity contribution in [1.82, 2.24) is 0 Å². The summed E-state index contributed by atoms with van der Waals surface area (Å²) in [5, 5.41) is -0.299. The molecule has 0 aromatic heterocycles. The lowest BCUT2D eigenvalue weighted by Crippen LogP contribution is -2.09. The standard InChI is InChI=1S/C18H35ClO/c1-3-4-5-6-7-8-9-10-11-12-13-14-15-16-18(20)17(2)19/h17H,3-16H2,1-2H3. The molecule has 0 rings (SSSR count). The van der Waals surface area contributed by atoms with E-state index in [1.54, 1.807) is 6.92 Å².